The topological polar surface area (TPSA) is 51.5 Å². The van der Waals surface area contributed by atoms with Crippen molar-refractivity contribution in [3.05, 3.63) is 23.7 Å². The summed E-state index contributed by atoms with van der Waals surface area (Å²) in [7, 11) is 0. The van der Waals surface area contributed by atoms with Crippen LogP contribution in [0.25, 0.3) is 0 Å². The molecule has 1 N–H and O–H groups in total. The Kier molecular flexibility index (Phi) is 2.96. The molecule has 1 aromatic heterocycles. The smallest absolute Gasteiger partial charge is 0.278 e. The van der Waals surface area contributed by atoms with Crippen LogP contribution in [0.4, 0.5) is 0 Å². The van der Waals surface area contributed by atoms with Gasteiger partial charge in [0.15, 0.2) is 0 Å². The first-order valence-electron chi connectivity index (χ1n) is 4.42. The highest BCUT2D eigenvalue weighted by atomic mass is 16.7. The SMILES string of the molecule is Cc1cc(C(=O)NOC(C)(C)C)co1. The van der Waals surface area contributed by atoms with Crippen molar-refractivity contribution in [1.29, 1.82) is 0 Å². The molecule has 0 spiro atoms. The second kappa shape index (κ2) is 3.84. The third-order valence-corrected chi connectivity index (χ3v) is 1.44. The van der Waals surface area contributed by atoms with Crippen LogP contribution in [0.1, 0.15) is 36.9 Å². The third kappa shape index (κ3) is 3.22. The maximum absolute atomic E-state index is 11.4. The van der Waals surface area contributed by atoms with Gasteiger partial charge < -0.3 is 4.42 Å². The van der Waals surface area contributed by atoms with Crippen LogP contribution in [-0.4, -0.2) is 11.5 Å². The van der Waals surface area contributed by atoms with E-state index in [-0.39, 0.29) is 5.91 Å². The number of aryl methyl sites for hydroxylation is 1. The normalized spacial score (nSPS) is 11.4. The summed E-state index contributed by atoms with van der Waals surface area (Å²) in [6.07, 6.45) is 1.40. The summed E-state index contributed by atoms with van der Waals surface area (Å²) in [5.41, 5.74) is 2.42. The zero-order valence-corrected chi connectivity index (χ0v) is 8.88. The minimum atomic E-state index is -0.394. The number of hydroxylamine groups is 1. The van der Waals surface area contributed by atoms with E-state index in [1.165, 1.54) is 6.26 Å². The first-order chi connectivity index (χ1) is 6.38. The molecule has 0 radical (unpaired) electrons. The fourth-order valence-electron chi connectivity index (χ4n) is 0.821. The van der Waals surface area contributed by atoms with Crippen LogP contribution in [0.5, 0.6) is 0 Å². The number of carbonyl (C=O) groups is 1. The Morgan fingerprint density at radius 1 is 1.50 bits per heavy atom. The molecule has 0 saturated heterocycles. The molecule has 4 nitrogen and oxygen atoms in total. The number of rotatable bonds is 2. The first-order valence-corrected chi connectivity index (χ1v) is 4.42. The van der Waals surface area contributed by atoms with Crippen molar-refractivity contribution in [2.75, 3.05) is 0 Å². The Morgan fingerprint density at radius 3 is 2.57 bits per heavy atom. The van der Waals surface area contributed by atoms with E-state index in [4.69, 9.17) is 9.25 Å². The third-order valence-electron chi connectivity index (χ3n) is 1.44. The molecule has 1 rings (SSSR count). The Bertz CT molecular complexity index is 322. The molecule has 1 heterocycles. The fraction of sp³-hybridized carbons (Fsp3) is 0.500. The number of carbonyl (C=O) groups excluding carboxylic acids is 1. The van der Waals surface area contributed by atoms with Crippen molar-refractivity contribution in [2.24, 2.45) is 0 Å². The molecule has 0 saturated carbocycles. The van der Waals surface area contributed by atoms with Gasteiger partial charge in [-0.3, -0.25) is 9.63 Å². The summed E-state index contributed by atoms with van der Waals surface area (Å²) in [5.74, 6) is 0.405. The minimum absolute atomic E-state index is 0.295. The van der Waals surface area contributed by atoms with Gasteiger partial charge in [-0.2, -0.15) is 0 Å². The second-order valence-electron chi connectivity index (χ2n) is 4.09. The molecule has 4 heteroatoms. The van der Waals surface area contributed by atoms with E-state index in [2.05, 4.69) is 5.48 Å². The predicted octanol–water partition coefficient (Wildman–Crippen LogP) is 2.05. The summed E-state index contributed by atoms with van der Waals surface area (Å²) < 4.78 is 5.00. The van der Waals surface area contributed by atoms with Crippen molar-refractivity contribution in [2.45, 2.75) is 33.3 Å². The number of nitrogens with one attached hydrogen (secondary N) is 1. The molecule has 0 fully saturated rings. The van der Waals surface area contributed by atoms with Gasteiger partial charge in [-0.15, -0.1) is 0 Å². The van der Waals surface area contributed by atoms with Crippen LogP contribution in [-0.2, 0) is 4.84 Å². The van der Waals surface area contributed by atoms with Gasteiger partial charge in [-0.1, -0.05) is 0 Å². The highest BCUT2D eigenvalue weighted by molar-refractivity contribution is 5.93. The summed E-state index contributed by atoms with van der Waals surface area (Å²) in [4.78, 5) is 16.5. The van der Waals surface area contributed by atoms with E-state index in [1.54, 1.807) is 13.0 Å². The van der Waals surface area contributed by atoms with Crippen molar-refractivity contribution >= 4 is 5.91 Å². The number of furan rings is 1. The summed E-state index contributed by atoms with van der Waals surface area (Å²) in [6, 6.07) is 1.65. The van der Waals surface area contributed by atoms with Gasteiger partial charge in [0.05, 0.1) is 11.2 Å². The predicted molar refractivity (Wildman–Crippen MR) is 51.7 cm³/mol. The first kappa shape index (κ1) is 10.8. The van der Waals surface area contributed by atoms with E-state index in [1.807, 2.05) is 20.8 Å². The lowest BCUT2D eigenvalue weighted by molar-refractivity contribution is -0.0589. The standard InChI is InChI=1S/C10H15NO3/c1-7-5-8(6-13-7)9(12)11-14-10(2,3)4/h5-6H,1-4H3,(H,11,12). The fourth-order valence-corrected chi connectivity index (χ4v) is 0.821. The zero-order chi connectivity index (χ0) is 10.8. The van der Waals surface area contributed by atoms with Crippen LogP contribution < -0.4 is 5.48 Å². The Morgan fingerprint density at radius 2 is 2.14 bits per heavy atom. The van der Waals surface area contributed by atoms with Gasteiger partial charge in [-0.25, -0.2) is 5.48 Å². The quantitative estimate of drug-likeness (QED) is 0.738. The molecule has 0 bridgehead atoms. The Labute approximate surface area is 83.2 Å². The van der Waals surface area contributed by atoms with E-state index in [9.17, 15) is 4.79 Å². The Balaban J connectivity index is 2.52. The maximum atomic E-state index is 11.4. The average molecular weight is 197 g/mol. The number of hydrogen-bond acceptors (Lipinski definition) is 3. The molecule has 78 valence electrons. The lowest BCUT2D eigenvalue weighted by atomic mass is 10.2. The Hall–Kier alpha value is -1.29. The second-order valence-corrected chi connectivity index (χ2v) is 4.09. The maximum Gasteiger partial charge on any atom is 0.278 e. The van der Waals surface area contributed by atoms with Crippen LogP contribution >= 0.6 is 0 Å². The molecule has 1 amide bonds. The van der Waals surface area contributed by atoms with Crippen LogP contribution in [0.2, 0.25) is 0 Å². The summed E-state index contributed by atoms with van der Waals surface area (Å²) >= 11 is 0. The molecule has 0 unspecified atom stereocenters. The lowest BCUT2D eigenvalue weighted by Gasteiger charge is -2.18. The molecule has 14 heavy (non-hydrogen) atoms. The van der Waals surface area contributed by atoms with Gasteiger partial charge in [0.2, 0.25) is 0 Å². The van der Waals surface area contributed by atoms with Crippen LogP contribution in [0, 0.1) is 6.92 Å². The van der Waals surface area contributed by atoms with Gasteiger partial charge in [0.1, 0.15) is 12.0 Å². The van der Waals surface area contributed by atoms with Crippen molar-refractivity contribution in [1.82, 2.24) is 5.48 Å². The van der Waals surface area contributed by atoms with E-state index < -0.39 is 5.60 Å². The van der Waals surface area contributed by atoms with Crippen LogP contribution in [0.3, 0.4) is 0 Å². The molecular weight excluding hydrogens is 182 g/mol. The summed E-state index contributed by atoms with van der Waals surface area (Å²) in [6.45, 7) is 7.34. The summed E-state index contributed by atoms with van der Waals surface area (Å²) in [5, 5.41) is 0. The zero-order valence-electron chi connectivity index (χ0n) is 8.88. The van der Waals surface area contributed by atoms with Gasteiger partial charge in [0.25, 0.3) is 5.91 Å². The van der Waals surface area contributed by atoms with Gasteiger partial charge >= 0.3 is 0 Å². The largest absolute Gasteiger partial charge is 0.469 e. The van der Waals surface area contributed by atoms with Crippen molar-refractivity contribution in [3.8, 4) is 0 Å². The molecule has 0 aliphatic carbocycles. The van der Waals surface area contributed by atoms with Crippen LogP contribution in [0.15, 0.2) is 16.7 Å². The highest BCUT2D eigenvalue weighted by Crippen LogP contribution is 2.08. The van der Waals surface area contributed by atoms with Crippen molar-refractivity contribution < 1.29 is 14.0 Å². The lowest BCUT2D eigenvalue weighted by Crippen LogP contribution is -2.33. The minimum Gasteiger partial charge on any atom is -0.469 e. The number of hydrogen-bond donors (Lipinski definition) is 1. The average Bonchev–Trinajstić information content (AvgIpc) is 2.46. The molecule has 0 aliphatic heterocycles. The molecule has 0 aromatic carbocycles. The molecular formula is C10H15NO3. The van der Waals surface area contributed by atoms with Crippen molar-refractivity contribution in [3.63, 3.8) is 0 Å². The molecule has 0 atom stereocenters. The molecule has 1 aromatic rings. The molecule has 0 aliphatic rings. The van der Waals surface area contributed by atoms with Gasteiger partial charge in [-0.05, 0) is 33.8 Å². The number of amides is 1. The monoisotopic (exact) mass is 197 g/mol. The van der Waals surface area contributed by atoms with Gasteiger partial charge in [0, 0.05) is 0 Å². The highest BCUT2D eigenvalue weighted by Gasteiger charge is 2.14. The van der Waals surface area contributed by atoms with E-state index in [0.717, 1.165) is 0 Å². The van der Waals surface area contributed by atoms with E-state index in [0.29, 0.717) is 11.3 Å². The van der Waals surface area contributed by atoms with E-state index >= 15 is 0 Å².